The van der Waals surface area contributed by atoms with Gasteiger partial charge in [0.1, 0.15) is 9.84 Å². The predicted octanol–water partition coefficient (Wildman–Crippen LogP) is 1.05. The van der Waals surface area contributed by atoms with Crippen molar-refractivity contribution < 1.29 is 8.42 Å². The molecule has 0 fully saturated rings. The first-order valence-corrected chi connectivity index (χ1v) is 7.56. The Bertz CT molecular complexity index is 483. The molecule has 0 amide bonds. The Morgan fingerprint density at radius 2 is 2.00 bits per heavy atom. The van der Waals surface area contributed by atoms with Gasteiger partial charge in [0.2, 0.25) is 0 Å². The molecule has 4 nitrogen and oxygen atoms in total. The number of nitrogen functional groups attached to an aromatic ring is 1. The minimum atomic E-state index is -2.90. The quantitative estimate of drug-likeness (QED) is 0.800. The van der Waals surface area contributed by atoms with Gasteiger partial charge in [-0.25, -0.2) is 8.42 Å². The molecule has 0 aliphatic rings. The topological polar surface area (TPSA) is 63.4 Å². The molecule has 1 aromatic carbocycles. The maximum atomic E-state index is 11.1. The molecule has 2 N–H and O–H groups in total. The summed E-state index contributed by atoms with van der Waals surface area (Å²) in [5.74, 6) is 0.185. The van der Waals surface area contributed by atoms with E-state index in [1.165, 1.54) is 6.26 Å². The molecule has 0 heterocycles. The van der Waals surface area contributed by atoms with E-state index in [-0.39, 0.29) is 5.75 Å². The normalized spacial score (nSPS) is 12.0. The molecule has 0 aliphatic carbocycles. The monoisotopic (exact) mass is 256 g/mol. The molecule has 17 heavy (non-hydrogen) atoms. The van der Waals surface area contributed by atoms with Crippen LogP contribution in [0, 0.1) is 6.92 Å². The SMILES string of the molecule is Cc1c(N)cccc1CN(C)CCS(C)(=O)=O. The molecule has 1 rings (SSSR count). The molecular formula is C12H20N2O2S. The van der Waals surface area contributed by atoms with Crippen LogP contribution in [0.25, 0.3) is 0 Å². The zero-order valence-electron chi connectivity index (χ0n) is 10.6. The van der Waals surface area contributed by atoms with Crippen molar-refractivity contribution in [2.75, 3.05) is 31.3 Å². The fourth-order valence-electron chi connectivity index (χ4n) is 1.57. The van der Waals surface area contributed by atoms with Crippen molar-refractivity contribution >= 4 is 15.5 Å². The summed E-state index contributed by atoms with van der Waals surface area (Å²) < 4.78 is 22.1. The van der Waals surface area contributed by atoms with Crippen LogP contribution < -0.4 is 5.73 Å². The third-order valence-electron chi connectivity index (χ3n) is 2.77. The van der Waals surface area contributed by atoms with E-state index in [0.29, 0.717) is 13.1 Å². The van der Waals surface area contributed by atoms with E-state index in [1.807, 2.05) is 37.1 Å². The predicted molar refractivity (Wildman–Crippen MR) is 71.6 cm³/mol. The zero-order chi connectivity index (χ0) is 13.1. The Hall–Kier alpha value is -1.07. The lowest BCUT2D eigenvalue weighted by Gasteiger charge is -2.18. The van der Waals surface area contributed by atoms with Crippen molar-refractivity contribution in [3.63, 3.8) is 0 Å². The molecule has 96 valence electrons. The van der Waals surface area contributed by atoms with E-state index in [9.17, 15) is 8.42 Å². The highest BCUT2D eigenvalue weighted by Gasteiger charge is 2.08. The first-order chi connectivity index (χ1) is 7.79. The Balaban J connectivity index is 2.62. The minimum absolute atomic E-state index is 0.185. The first kappa shape index (κ1) is 14.0. The second-order valence-corrected chi connectivity index (χ2v) is 6.76. The average Bonchev–Trinajstić information content (AvgIpc) is 2.21. The van der Waals surface area contributed by atoms with Gasteiger partial charge >= 0.3 is 0 Å². The lowest BCUT2D eigenvalue weighted by Crippen LogP contribution is -2.25. The molecule has 0 atom stereocenters. The van der Waals surface area contributed by atoms with Crippen molar-refractivity contribution in [2.45, 2.75) is 13.5 Å². The molecule has 0 saturated carbocycles. The maximum Gasteiger partial charge on any atom is 0.148 e. The van der Waals surface area contributed by atoms with Crippen LogP contribution in [-0.2, 0) is 16.4 Å². The third kappa shape index (κ3) is 4.75. The molecule has 0 unspecified atom stereocenters. The number of benzene rings is 1. The highest BCUT2D eigenvalue weighted by atomic mass is 32.2. The number of anilines is 1. The summed E-state index contributed by atoms with van der Waals surface area (Å²) >= 11 is 0. The van der Waals surface area contributed by atoms with Crippen LogP contribution in [0.4, 0.5) is 5.69 Å². The van der Waals surface area contributed by atoms with Crippen molar-refractivity contribution in [3.05, 3.63) is 29.3 Å². The summed E-state index contributed by atoms with van der Waals surface area (Å²) in [6.07, 6.45) is 1.26. The van der Waals surface area contributed by atoms with Crippen LogP contribution in [0.5, 0.6) is 0 Å². The number of sulfone groups is 1. The van der Waals surface area contributed by atoms with Crippen LogP contribution in [0.15, 0.2) is 18.2 Å². The number of rotatable bonds is 5. The van der Waals surface area contributed by atoms with Crippen LogP contribution in [0.1, 0.15) is 11.1 Å². The molecule has 0 radical (unpaired) electrons. The van der Waals surface area contributed by atoms with Crippen LogP contribution in [0.3, 0.4) is 0 Å². The van der Waals surface area contributed by atoms with Crippen LogP contribution in [-0.4, -0.2) is 38.9 Å². The summed E-state index contributed by atoms with van der Waals surface area (Å²) in [7, 11) is -0.986. The van der Waals surface area contributed by atoms with Gasteiger partial charge in [0, 0.05) is 25.0 Å². The lowest BCUT2D eigenvalue weighted by molar-refractivity contribution is 0.345. The number of nitrogens with zero attached hydrogens (tertiary/aromatic N) is 1. The van der Waals surface area contributed by atoms with Gasteiger partial charge < -0.3 is 10.6 Å². The largest absolute Gasteiger partial charge is 0.399 e. The summed E-state index contributed by atoms with van der Waals surface area (Å²) in [5.41, 5.74) is 8.81. The van der Waals surface area contributed by atoms with Gasteiger partial charge in [0.25, 0.3) is 0 Å². The lowest BCUT2D eigenvalue weighted by atomic mass is 10.1. The minimum Gasteiger partial charge on any atom is -0.399 e. The standard InChI is InChI=1S/C12H20N2O2S/c1-10-11(5-4-6-12(10)13)9-14(2)7-8-17(3,15)16/h4-6H,7-9,13H2,1-3H3. The molecule has 0 saturated heterocycles. The fraction of sp³-hybridized carbons (Fsp3) is 0.500. The fourth-order valence-corrected chi connectivity index (χ4v) is 2.21. The molecular weight excluding hydrogens is 236 g/mol. The van der Waals surface area contributed by atoms with E-state index < -0.39 is 9.84 Å². The van der Waals surface area contributed by atoms with Crippen LogP contribution in [0.2, 0.25) is 0 Å². The summed E-state index contributed by atoms with van der Waals surface area (Å²) in [6.45, 7) is 3.23. The van der Waals surface area contributed by atoms with Crippen LogP contribution >= 0.6 is 0 Å². The third-order valence-corrected chi connectivity index (χ3v) is 3.70. The number of nitrogens with two attached hydrogens (primary N) is 1. The van der Waals surface area contributed by atoms with E-state index in [1.54, 1.807) is 0 Å². The van der Waals surface area contributed by atoms with E-state index in [0.717, 1.165) is 16.8 Å². The molecule has 5 heteroatoms. The Kier molecular flexibility index (Phi) is 4.54. The van der Waals surface area contributed by atoms with Gasteiger partial charge in [0.15, 0.2) is 0 Å². The van der Waals surface area contributed by atoms with Gasteiger partial charge in [0.05, 0.1) is 5.75 Å². The molecule has 0 aliphatic heterocycles. The maximum absolute atomic E-state index is 11.1. The van der Waals surface area contributed by atoms with Gasteiger partial charge in [-0.3, -0.25) is 0 Å². The summed E-state index contributed by atoms with van der Waals surface area (Å²) in [5, 5.41) is 0. The van der Waals surface area contributed by atoms with E-state index >= 15 is 0 Å². The van der Waals surface area contributed by atoms with E-state index in [4.69, 9.17) is 5.73 Å². The number of hydrogen-bond donors (Lipinski definition) is 1. The van der Waals surface area contributed by atoms with Crippen molar-refractivity contribution in [3.8, 4) is 0 Å². The van der Waals surface area contributed by atoms with Gasteiger partial charge in [-0.1, -0.05) is 12.1 Å². The van der Waals surface area contributed by atoms with Gasteiger partial charge in [-0.15, -0.1) is 0 Å². The summed E-state index contributed by atoms with van der Waals surface area (Å²) in [4.78, 5) is 1.99. The second-order valence-electron chi connectivity index (χ2n) is 4.50. The summed E-state index contributed by atoms with van der Waals surface area (Å²) in [6, 6.07) is 5.81. The average molecular weight is 256 g/mol. The zero-order valence-corrected chi connectivity index (χ0v) is 11.4. The van der Waals surface area contributed by atoms with E-state index in [2.05, 4.69) is 0 Å². The Labute approximate surface area is 103 Å². The second kappa shape index (κ2) is 5.51. The first-order valence-electron chi connectivity index (χ1n) is 5.50. The Morgan fingerprint density at radius 3 is 2.59 bits per heavy atom. The molecule has 0 aromatic heterocycles. The highest BCUT2D eigenvalue weighted by Crippen LogP contribution is 2.16. The number of hydrogen-bond acceptors (Lipinski definition) is 4. The highest BCUT2D eigenvalue weighted by molar-refractivity contribution is 7.90. The smallest absolute Gasteiger partial charge is 0.148 e. The molecule has 0 spiro atoms. The van der Waals surface area contributed by atoms with Crippen molar-refractivity contribution in [1.82, 2.24) is 4.90 Å². The Morgan fingerprint density at radius 1 is 1.35 bits per heavy atom. The molecule has 1 aromatic rings. The van der Waals surface area contributed by atoms with Gasteiger partial charge in [-0.05, 0) is 31.2 Å². The van der Waals surface area contributed by atoms with Crippen molar-refractivity contribution in [1.29, 1.82) is 0 Å². The van der Waals surface area contributed by atoms with Crippen molar-refractivity contribution in [2.24, 2.45) is 0 Å². The molecule has 0 bridgehead atoms. The van der Waals surface area contributed by atoms with Gasteiger partial charge in [-0.2, -0.15) is 0 Å².